The van der Waals surface area contributed by atoms with Gasteiger partial charge in [0, 0.05) is 24.3 Å². The van der Waals surface area contributed by atoms with Crippen molar-refractivity contribution in [3.63, 3.8) is 0 Å². The van der Waals surface area contributed by atoms with Gasteiger partial charge in [0.25, 0.3) is 5.91 Å². The van der Waals surface area contributed by atoms with Crippen LogP contribution in [0.5, 0.6) is 0 Å². The molecule has 0 aliphatic heterocycles. The van der Waals surface area contributed by atoms with Crippen molar-refractivity contribution in [2.45, 2.75) is 13.5 Å². The predicted molar refractivity (Wildman–Crippen MR) is 83.3 cm³/mol. The lowest BCUT2D eigenvalue weighted by Gasteiger charge is -2.11. The van der Waals surface area contributed by atoms with Crippen molar-refractivity contribution in [3.8, 4) is 0 Å². The normalized spacial score (nSPS) is 10.2. The molecule has 0 bridgehead atoms. The highest BCUT2D eigenvalue weighted by atomic mass is 35.5. The van der Waals surface area contributed by atoms with E-state index in [1.54, 1.807) is 0 Å². The first-order valence-electron chi connectivity index (χ1n) is 6.41. The van der Waals surface area contributed by atoms with Crippen LogP contribution in [0.15, 0.2) is 42.5 Å². The number of nitrogens with one attached hydrogen (secondary N) is 2. The third-order valence-corrected chi connectivity index (χ3v) is 3.27. The van der Waals surface area contributed by atoms with Crippen molar-refractivity contribution < 1.29 is 4.79 Å². The van der Waals surface area contributed by atoms with Crippen LogP contribution >= 0.6 is 11.6 Å². The second-order valence-electron chi connectivity index (χ2n) is 4.61. The van der Waals surface area contributed by atoms with Crippen molar-refractivity contribution >= 4 is 23.2 Å². The van der Waals surface area contributed by atoms with Crippen molar-refractivity contribution in [2.24, 2.45) is 0 Å². The minimum absolute atomic E-state index is 0.102. The monoisotopic (exact) mass is 288 g/mol. The van der Waals surface area contributed by atoms with Crippen molar-refractivity contribution in [3.05, 3.63) is 64.2 Å². The van der Waals surface area contributed by atoms with E-state index in [9.17, 15) is 4.79 Å². The molecule has 2 N–H and O–H groups in total. The summed E-state index contributed by atoms with van der Waals surface area (Å²) in [6.07, 6.45) is 0. The molecule has 1 amide bonds. The molecular formula is C16H17ClN2O. The smallest absolute Gasteiger partial charge is 0.253 e. The minimum atomic E-state index is -0.102. The fraction of sp³-hybridized carbons (Fsp3) is 0.188. The fourth-order valence-electron chi connectivity index (χ4n) is 1.99. The van der Waals surface area contributed by atoms with E-state index in [-0.39, 0.29) is 5.91 Å². The zero-order chi connectivity index (χ0) is 14.5. The van der Waals surface area contributed by atoms with Gasteiger partial charge in [-0.3, -0.25) is 4.79 Å². The van der Waals surface area contributed by atoms with Gasteiger partial charge in [-0.15, -0.1) is 0 Å². The summed E-state index contributed by atoms with van der Waals surface area (Å²) >= 11 is 5.92. The number of carbonyl (C=O) groups excluding carboxylic acids is 1. The van der Waals surface area contributed by atoms with E-state index >= 15 is 0 Å². The molecule has 104 valence electrons. The van der Waals surface area contributed by atoms with Crippen molar-refractivity contribution in [2.75, 3.05) is 12.4 Å². The number of anilines is 1. The van der Waals surface area contributed by atoms with Crippen LogP contribution in [0.25, 0.3) is 0 Å². The van der Waals surface area contributed by atoms with E-state index in [0.29, 0.717) is 17.1 Å². The average molecular weight is 289 g/mol. The third kappa shape index (κ3) is 3.52. The number of aryl methyl sites for hydroxylation is 1. The Bertz CT molecular complexity index is 626. The highest BCUT2D eigenvalue weighted by Crippen LogP contribution is 2.17. The lowest BCUT2D eigenvalue weighted by atomic mass is 10.1. The summed E-state index contributed by atoms with van der Waals surface area (Å²) in [4.78, 5) is 12.2. The fourth-order valence-corrected chi connectivity index (χ4v) is 2.20. The number of amides is 1. The highest BCUT2D eigenvalue weighted by molar-refractivity contribution is 6.30. The van der Waals surface area contributed by atoms with Gasteiger partial charge in [-0.25, -0.2) is 0 Å². The lowest BCUT2D eigenvalue weighted by molar-refractivity contribution is 0.0951. The Kier molecular flexibility index (Phi) is 4.64. The molecule has 4 heteroatoms. The third-order valence-electron chi connectivity index (χ3n) is 3.03. The molecule has 0 radical (unpaired) electrons. The highest BCUT2D eigenvalue weighted by Gasteiger charge is 2.10. The first kappa shape index (κ1) is 14.4. The second kappa shape index (κ2) is 6.44. The quantitative estimate of drug-likeness (QED) is 0.902. The Morgan fingerprint density at radius 1 is 1.20 bits per heavy atom. The molecule has 0 saturated carbocycles. The van der Waals surface area contributed by atoms with E-state index in [2.05, 4.69) is 10.6 Å². The molecule has 2 aromatic carbocycles. The van der Waals surface area contributed by atoms with Gasteiger partial charge >= 0.3 is 0 Å². The molecule has 0 aromatic heterocycles. The number of halogens is 1. The van der Waals surface area contributed by atoms with Crippen LogP contribution in [0, 0.1) is 6.92 Å². The summed E-state index contributed by atoms with van der Waals surface area (Å²) in [5.41, 5.74) is 3.55. The molecule has 2 aromatic rings. The molecule has 0 aliphatic rings. The standard InChI is InChI=1S/C16H17ClN2O/c1-11-6-7-14(15(8-11)18-2)16(20)19-10-12-4-3-5-13(17)9-12/h3-9,18H,10H2,1-2H3,(H,19,20). The van der Waals surface area contributed by atoms with Gasteiger partial charge in [0.2, 0.25) is 0 Å². The maximum absolute atomic E-state index is 12.2. The number of carbonyl (C=O) groups is 1. The van der Waals surface area contributed by atoms with Gasteiger partial charge in [0.1, 0.15) is 0 Å². The summed E-state index contributed by atoms with van der Waals surface area (Å²) in [7, 11) is 1.81. The SMILES string of the molecule is CNc1cc(C)ccc1C(=O)NCc1cccc(Cl)c1. The van der Waals surface area contributed by atoms with Crippen molar-refractivity contribution in [1.82, 2.24) is 5.32 Å². The molecule has 0 spiro atoms. The number of hydrogen-bond acceptors (Lipinski definition) is 2. The molecule has 0 atom stereocenters. The zero-order valence-electron chi connectivity index (χ0n) is 11.5. The Morgan fingerprint density at radius 2 is 2.00 bits per heavy atom. The van der Waals surface area contributed by atoms with E-state index in [4.69, 9.17) is 11.6 Å². The molecular weight excluding hydrogens is 272 g/mol. The van der Waals surface area contributed by atoms with Crippen LogP contribution in [-0.2, 0) is 6.54 Å². The Morgan fingerprint density at radius 3 is 2.70 bits per heavy atom. The van der Waals surface area contributed by atoms with E-state index in [0.717, 1.165) is 16.8 Å². The molecule has 3 nitrogen and oxygen atoms in total. The molecule has 0 heterocycles. The van der Waals surface area contributed by atoms with Crippen molar-refractivity contribution in [1.29, 1.82) is 0 Å². The Balaban J connectivity index is 2.09. The first-order chi connectivity index (χ1) is 9.60. The molecule has 2 rings (SSSR count). The zero-order valence-corrected chi connectivity index (χ0v) is 12.3. The Hall–Kier alpha value is -2.00. The molecule has 20 heavy (non-hydrogen) atoms. The number of benzene rings is 2. The maximum atomic E-state index is 12.2. The van der Waals surface area contributed by atoms with E-state index in [1.807, 2.05) is 56.4 Å². The van der Waals surface area contributed by atoms with E-state index < -0.39 is 0 Å². The van der Waals surface area contributed by atoms with Crippen LogP contribution in [0.1, 0.15) is 21.5 Å². The summed E-state index contributed by atoms with van der Waals surface area (Å²) in [6, 6.07) is 13.2. The summed E-state index contributed by atoms with van der Waals surface area (Å²) < 4.78 is 0. The number of hydrogen-bond donors (Lipinski definition) is 2. The number of rotatable bonds is 4. The predicted octanol–water partition coefficient (Wildman–Crippen LogP) is 3.62. The van der Waals surface area contributed by atoms with Crippen LogP contribution in [0.2, 0.25) is 5.02 Å². The summed E-state index contributed by atoms with van der Waals surface area (Å²) in [6.45, 7) is 2.45. The lowest BCUT2D eigenvalue weighted by Crippen LogP contribution is -2.23. The molecule has 0 unspecified atom stereocenters. The minimum Gasteiger partial charge on any atom is -0.387 e. The van der Waals surface area contributed by atoms with E-state index in [1.165, 1.54) is 0 Å². The summed E-state index contributed by atoms with van der Waals surface area (Å²) in [5.74, 6) is -0.102. The van der Waals surface area contributed by atoms with Gasteiger partial charge in [0.15, 0.2) is 0 Å². The van der Waals surface area contributed by atoms with Crippen LogP contribution in [-0.4, -0.2) is 13.0 Å². The van der Waals surface area contributed by atoms with Gasteiger partial charge in [-0.05, 0) is 42.3 Å². The van der Waals surface area contributed by atoms with Gasteiger partial charge in [0.05, 0.1) is 5.56 Å². The van der Waals surface area contributed by atoms with Crippen LogP contribution < -0.4 is 10.6 Å². The molecule has 0 fully saturated rings. The van der Waals surface area contributed by atoms with Gasteiger partial charge in [-0.1, -0.05) is 29.8 Å². The largest absolute Gasteiger partial charge is 0.387 e. The second-order valence-corrected chi connectivity index (χ2v) is 5.05. The van der Waals surface area contributed by atoms with Crippen LogP contribution in [0.3, 0.4) is 0 Å². The molecule has 0 saturated heterocycles. The van der Waals surface area contributed by atoms with Crippen LogP contribution in [0.4, 0.5) is 5.69 Å². The summed E-state index contributed by atoms with van der Waals surface area (Å²) in [5, 5.41) is 6.61. The Labute approximate surface area is 124 Å². The first-order valence-corrected chi connectivity index (χ1v) is 6.79. The molecule has 0 aliphatic carbocycles. The topological polar surface area (TPSA) is 41.1 Å². The average Bonchev–Trinajstić information content (AvgIpc) is 2.44. The maximum Gasteiger partial charge on any atom is 0.253 e. The van der Waals surface area contributed by atoms with Gasteiger partial charge in [-0.2, -0.15) is 0 Å². The van der Waals surface area contributed by atoms with Gasteiger partial charge < -0.3 is 10.6 Å².